The lowest BCUT2D eigenvalue weighted by Crippen LogP contribution is -2.47. The van der Waals surface area contributed by atoms with Crippen LogP contribution in [0.3, 0.4) is 0 Å². The van der Waals surface area contributed by atoms with E-state index in [0.717, 1.165) is 48.9 Å². The topological polar surface area (TPSA) is 91.4 Å². The minimum atomic E-state index is -3.35. The molecule has 8 heteroatoms. The smallest absolute Gasteiger partial charge is 0.232 e. The number of hydrogen-bond donors (Lipinski definition) is 2. The molecule has 2 N–H and O–H groups in total. The van der Waals surface area contributed by atoms with Gasteiger partial charge in [-0.15, -0.1) is 0 Å². The second-order valence-corrected chi connectivity index (χ2v) is 12.6. The van der Waals surface area contributed by atoms with Crippen LogP contribution in [0.5, 0.6) is 0 Å². The molecule has 1 fully saturated rings. The molecule has 2 aliphatic rings. The van der Waals surface area contributed by atoms with Crippen molar-refractivity contribution in [2.24, 2.45) is 5.92 Å². The van der Waals surface area contributed by atoms with Crippen molar-refractivity contribution >= 4 is 21.6 Å². The van der Waals surface area contributed by atoms with Gasteiger partial charge in [0.25, 0.3) is 0 Å². The molecule has 1 aromatic heterocycles. The van der Waals surface area contributed by atoms with Crippen LogP contribution >= 0.6 is 0 Å². The number of carbonyl (C=O) groups excluding carboxylic acids is 1. The molecule has 5 rings (SSSR count). The van der Waals surface area contributed by atoms with Crippen molar-refractivity contribution in [2.75, 3.05) is 23.7 Å². The Morgan fingerprint density at radius 2 is 1.74 bits per heavy atom. The molecule has 1 saturated carbocycles. The Balaban J connectivity index is 1.23. The number of benzene rings is 2. The Hall–Kier alpha value is -3.23. The number of rotatable bonds is 9. The van der Waals surface area contributed by atoms with Crippen LogP contribution in [0.4, 0.5) is 5.69 Å². The number of fused-ring (bicyclic) bond motifs is 2. The summed E-state index contributed by atoms with van der Waals surface area (Å²) in [5.74, 6) is 0.0203. The lowest BCUT2D eigenvalue weighted by atomic mass is 9.67. The van der Waals surface area contributed by atoms with Gasteiger partial charge in [0.15, 0.2) is 0 Å². The van der Waals surface area contributed by atoms with Crippen LogP contribution in [0.15, 0.2) is 79.1 Å². The van der Waals surface area contributed by atoms with Crippen LogP contribution in [0.1, 0.15) is 42.4 Å². The molecule has 200 valence electrons. The molecule has 1 aliphatic carbocycles. The zero-order valence-corrected chi connectivity index (χ0v) is 22.7. The fourth-order valence-corrected chi connectivity index (χ4v) is 7.02. The third kappa shape index (κ3) is 5.92. The third-order valence-electron chi connectivity index (χ3n) is 8.02. The highest BCUT2D eigenvalue weighted by atomic mass is 32.2. The highest BCUT2D eigenvalue weighted by Crippen LogP contribution is 2.50. The number of nitrogens with zero attached hydrogens (tertiary/aromatic N) is 2. The van der Waals surface area contributed by atoms with E-state index in [9.17, 15) is 13.2 Å². The minimum Gasteiger partial charge on any atom is -0.352 e. The Kier molecular flexibility index (Phi) is 7.81. The summed E-state index contributed by atoms with van der Waals surface area (Å²) in [5.41, 5.74) is 3.97. The van der Waals surface area contributed by atoms with E-state index in [1.54, 1.807) is 10.5 Å². The van der Waals surface area contributed by atoms with Gasteiger partial charge in [-0.3, -0.25) is 14.1 Å². The van der Waals surface area contributed by atoms with Crippen LogP contribution in [-0.4, -0.2) is 44.7 Å². The quantitative estimate of drug-likeness (QED) is 0.437. The zero-order valence-electron chi connectivity index (χ0n) is 21.8. The lowest BCUT2D eigenvalue weighted by molar-refractivity contribution is -0.127. The molecule has 1 spiro atoms. The van der Waals surface area contributed by atoms with Crippen molar-refractivity contribution in [1.82, 2.24) is 15.6 Å². The highest BCUT2D eigenvalue weighted by molar-refractivity contribution is 7.92. The molecule has 1 aliphatic heterocycles. The van der Waals surface area contributed by atoms with E-state index in [-0.39, 0.29) is 23.3 Å². The van der Waals surface area contributed by atoms with Crippen LogP contribution in [0, 0.1) is 5.92 Å². The number of aromatic nitrogens is 1. The van der Waals surface area contributed by atoms with Gasteiger partial charge >= 0.3 is 0 Å². The summed E-state index contributed by atoms with van der Waals surface area (Å²) in [5, 5.41) is 6.81. The monoisotopic (exact) mass is 532 g/mol. The highest BCUT2D eigenvalue weighted by Gasteiger charge is 2.47. The molecule has 0 saturated heterocycles. The molecule has 1 unspecified atom stereocenters. The standard InChI is InChI=1S/C30H36N4O3S/c1-38(36,37)34-22-30(27-11-5-6-12-28(27)34)15-13-25(14-16-30)29(35)33-26(18-23-8-3-2-4-9-23)21-32-20-24-10-7-17-31-19-24/h2-12,17,19,25-26,32H,13-16,18,20-22H2,1H3,(H,33,35). The molecule has 2 heterocycles. The number of nitrogens with one attached hydrogen (secondary N) is 2. The summed E-state index contributed by atoms with van der Waals surface area (Å²) < 4.78 is 26.5. The summed E-state index contributed by atoms with van der Waals surface area (Å²) in [6.07, 6.45) is 8.74. The summed E-state index contributed by atoms with van der Waals surface area (Å²) >= 11 is 0. The van der Waals surface area contributed by atoms with E-state index < -0.39 is 10.0 Å². The van der Waals surface area contributed by atoms with Gasteiger partial charge < -0.3 is 10.6 Å². The van der Waals surface area contributed by atoms with E-state index in [1.807, 2.05) is 54.7 Å². The normalized spacial score (nSPS) is 21.7. The Morgan fingerprint density at radius 1 is 1.03 bits per heavy atom. The average molecular weight is 533 g/mol. The summed E-state index contributed by atoms with van der Waals surface area (Å²) in [6.45, 7) is 1.81. The second-order valence-electron chi connectivity index (χ2n) is 10.7. The van der Waals surface area contributed by atoms with Gasteiger partial charge in [0.2, 0.25) is 15.9 Å². The van der Waals surface area contributed by atoms with E-state index in [1.165, 1.54) is 11.8 Å². The molecule has 7 nitrogen and oxygen atoms in total. The van der Waals surface area contributed by atoms with E-state index in [2.05, 4.69) is 33.8 Å². The van der Waals surface area contributed by atoms with Crippen molar-refractivity contribution in [1.29, 1.82) is 0 Å². The number of pyridine rings is 1. The largest absolute Gasteiger partial charge is 0.352 e. The average Bonchev–Trinajstić information content (AvgIpc) is 3.25. The van der Waals surface area contributed by atoms with Gasteiger partial charge in [0.1, 0.15) is 0 Å². The molecular weight excluding hydrogens is 496 g/mol. The van der Waals surface area contributed by atoms with Gasteiger partial charge in [0.05, 0.1) is 11.9 Å². The number of carbonyl (C=O) groups is 1. The lowest BCUT2D eigenvalue weighted by Gasteiger charge is -2.37. The molecule has 1 amide bonds. The molecule has 3 aromatic rings. The number of amides is 1. The first-order valence-electron chi connectivity index (χ1n) is 13.4. The predicted molar refractivity (Wildman–Crippen MR) is 150 cm³/mol. The van der Waals surface area contributed by atoms with Crippen molar-refractivity contribution in [3.05, 3.63) is 95.8 Å². The second kappa shape index (κ2) is 11.3. The van der Waals surface area contributed by atoms with E-state index >= 15 is 0 Å². The fourth-order valence-electron chi connectivity index (χ4n) is 6.03. The Morgan fingerprint density at radius 3 is 2.45 bits per heavy atom. The van der Waals surface area contributed by atoms with Crippen LogP contribution < -0.4 is 14.9 Å². The number of hydrogen-bond acceptors (Lipinski definition) is 5. The van der Waals surface area contributed by atoms with Gasteiger partial charge in [-0.2, -0.15) is 0 Å². The maximum Gasteiger partial charge on any atom is 0.232 e. The minimum absolute atomic E-state index is 0.0367. The molecule has 0 radical (unpaired) electrons. The third-order valence-corrected chi connectivity index (χ3v) is 9.14. The number of para-hydroxylation sites is 1. The van der Waals surface area contributed by atoms with Gasteiger partial charge in [0, 0.05) is 49.4 Å². The molecule has 2 aromatic carbocycles. The maximum absolute atomic E-state index is 13.4. The predicted octanol–water partition coefficient (Wildman–Crippen LogP) is 3.81. The zero-order chi connectivity index (χ0) is 26.6. The molecule has 38 heavy (non-hydrogen) atoms. The van der Waals surface area contributed by atoms with E-state index in [4.69, 9.17) is 0 Å². The summed E-state index contributed by atoms with van der Waals surface area (Å²) in [6, 6.07) is 22.0. The van der Waals surface area contributed by atoms with Crippen LogP contribution in [0.25, 0.3) is 0 Å². The first kappa shape index (κ1) is 26.4. The molecular formula is C30H36N4O3S. The summed E-state index contributed by atoms with van der Waals surface area (Å²) in [4.78, 5) is 17.6. The SMILES string of the molecule is CS(=O)(=O)N1CC2(CCC(C(=O)NC(CNCc3cccnc3)Cc3ccccc3)CC2)c2ccccc21. The number of anilines is 1. The first-order chi connectivity index (χ1) is 18.3. The van der Waals surface area contributed by atoms with Crippen molar-refractivity contribution in [3.63, 3.8) is 0 Å². The fraction of sp³-hybridized carbons (Fsp3) is 0.400. The summed E-state index contributed by atoms with van der Waals surface area (Å²) in [7, 11) is -3.35. The van der Waals surface area contributed by atoms with Gasteiger partial charge in [-0.1, -0.05) is 54.6 Å². The number of sulfonamides is 1. The first-order valence-corrected chi connectivity index (χ1v) is 15.2. The molecule has 0 bridgehead atoms. The van der Waals surface area contributed by atoms with Gasteiger partial charge in [-0.05, 0) is 60.9 Å². The molecule has 1 atom stereocenters. The van der Waals surface area contributed by atoms with Crippen molar-refractivity contribution < 1.29 is 13.2 Å². The Labute approximate surface area is 225 Å². The van der Waals surface area contributed by atoms with E-state index in [0.29, 0.717) is 19.6 Å². The maximum atomic E-state index is 13.4. The Bertz CT molecular complexity index is 1340. The van der Waals surface area contributed by atoms with Crippen LogP contribution in [-0.2, 0) is 33.2 Å². The van der Waals surface area contributed by atoms with Crippen LogP contribution in [0.2, 0.25) is 0 Å². The van der Waals surface area contributed by atoms with Crippen molar-refractivity contribution in [3.8, 4) is 0 Å². The van der Waals surface area contributed by atoms with Crippen molar-refractivity contribution in [2.45, 2.75) is 50.1 Å². The van der Waals surface area contributed by atoms with Gasteiger partial charge in [-0.25, -0.2) is 8.42 Å².